The molecule has 1 saturated heterocycles. The summed E-state index contributed by atoms with van der Waals surface area (Å²) < 4.78 is 0. The van der Waals surface area contributed by atoms with Crippen molar-refractivity contribution < 1.29 is 0 Å². The molecule has 25 heavy (non-hydrogen) atoms. The first-order valence-electron chi connectivity index (χ1n) is 8.25. The highest BCUT2D eigenvalue weighted by Gasteiger charge is 2.24. The van der Waals surface area contributed by atoms with Crippen LogP contribution >= 0.6 is 0 Å². The van der Waals surface area contributed by atoms with E-state index in [1.54, 1.807) is 43.2 Å². The third kappa shape index (κ3) is 3.68. The second-order valence-corrected chi connectivity index (χ2v) is 5.88. The van der Waals surface area contributed by atoms with E-state index >= 15 is 0 Å². The molecule has 1 atom stereocenters. The Morgan fingerprint density at radius 2 is 1.88 bits per heavy atom. The van der Waals surface area contributed by atoms with Gasteiger partial charge in [0.25, 0.3) is 0 Å². The van der Waals surface area contributed by atoms with Crippen molar-refractivity contribution in [3.63, 3.8) is 0 Å². The van der Waals surface area contributed by atoms with E-state index in [1.807, 2.05) is 6.20 Å². The third-order valence-corrected chi connectivity index (χ3v) is 4.17. The molecule has 1 N–H and O–H groups in total. The van der Waals surface area contributed by atoms with Crippen molar-refractivity contribution in [3.05, 3.63) is 55.1 Å². The normalized spacial score (nSPS) is 17.3. The number of rotatable bonds is 4. The number of piperidine rings is 1. The van der Waals surface area contributed by atoms with Crippen LogP contribution in [0, 0.1) is 0 Å². The summed E-state index contributed by atoms with van der Waals surface area (Å²) in [6.07, 6.45) is 14.3. The highest BCUT2D eigenvalue weighted by atomic mass is 15.2. The summed E-state index contributed by atoms with van der Waals surface area (Å²) in [5.41, 5.74) is 0.967. The van der Waals surface area contributed by atoms with Crippen molar-refractivity contribution in [2.45, 2.75) is 18.8 Å². The van der Waals surface area contributed by atoms with Gasteiger partial charge in [0.1, 0.15) is 5.82 Å². The lowest BCUT2D eigenvalue weighted by Gasteiger charge is -2.33. The van der Waals surface area contributed by atoms with E-state index in [0.717, 1.165) is 37.4 Å². The average Bonchev–Trinajstić information content (AvgIpc) is 2.70. The molecule has 1 fully saturated rings. The molecule has 0 spiro atoms. The van der Waals surface area contributed by atoms with Gasteiger partial charge in [0.2, 0.25) is 5.95 Å². The predicted octanol–water partition coefficient (Wildman–Crippen LogP) is 2.18. The molecule has 4 heterocycles. The van der Waals surface area contributed by atoms with Gasteiger partial charge in [0, 0.05) is 50.0 Å². The molecule has 3 aromatic rings. The minimum absolute atomic E-state index is 0.307. The zero-order chi connectivity index (χ0) is 16.9. The molecule has 4 rings (SSSR count). The fraction of sp³-hybridized carbons (Fsp3) is 0.294. The zero-order valence-electron chi connectivity index (χ0n) is 13.7. The van der Waals surface area contributed by atoms with Crippen LogP contribution in [-0.2, 0) is 0 Å². The first kappa shape index (κ1) is 15.4. The van der Waals surface area contributed by atoms with Crippen LogP contribution in [0.1, 0.15) is 24.5 Å². The molecule has 0 saturated carbocycles. The SMILES string of the molecule is c1cnc(Nc2cncc(C3CCCN(c4cnccn4)C3)n2)nc1. The van der Waals surface area contributed by atoms with Gasteiger partial charge in [-0.25, -0.2) is 19.9 Å². The van der Waals surface area contributed by atoms with Crippen molar-refractivity contribution >= 4 is 17.6 Å². The van der Waals surface area contributed by atoms with E-state index < -0.39 is 0 Å². The Hall–Kier alpha value is -3.16. The smallest absolute Gasteiger partial charge is 0.228 e. The largest absolute Gasteiger partial charge is 0.355 e. The predicted molar refractivity (Wildman–Crippen MR) is 93.6 cm³/mol. The van der Waals surface area contributed by atoms with Crippen molar-refractivity contribution in [1.82, 2.24) is 29.9 Å². The van der Waals surface area contributed by atoms with Crippen molar-refractivity contribution in [3.8, 4) is 0 Å². The Balaban J connectivity index is 1.50. The highest BCUT2D eigenvalue weighted by molar-refractivity contribution is 5.46. The maximum absolute atomic E-state index is 4.70. The lowest BCUT2D eigenvalue weighted by Crippen LogP contribution is -2.35. The number of nitrogens with one attached hydrogen (secondary N) is 1. The van der Waals surface area contributed by atoms with Crippen LogP contribution in [0.2, 0.25) is 0 Å². The summed E-state index contributed by atoms with van der Waals surface area (Å²) in [6.45, 7) is 1.84. The lowest BCUT2D eigenvalue weighted by atomic mass is 9.95. The summed E-state index contributed by atoms with van der Waals surface area (Å²) in [4.78, 5) is 28.2. The van der Waals surface area contributed by atoms with Crippen LogP contribution in [0.25, 0.3) is 0 Å². The fourth-order valence-corrected chi connectivity index (χ4v) is 3.00. The molecular formula is C17H18N8. The molecular weight excluding hydrogens is 316 g/mol. The Morgan fingerprint density at radius 3 is 2.72 bits per heavy atom. The van der Waals surface area contributed by atoms with Crippen LogP contribution in [0.3, 0.4) is 0 Å². The first-order chi connectivity index (χ1) is 12.4. The number of anilines is 3. The monoisotopic (exact) mass is 334 g/mol. The standard InChI is InChI=1S/C17H18N8/c1-3-13(12-25(8-1)16-11-18-6-7-20-16)14-9-19-10-15(23-14)24-17-21-4-2-5-22-17/h2,4-7,9-11,13H,1,3,8,12H2,(H,21,22,23,24). The molecule has 8 heteroatoms. The van der Waals surface area contributed by atoms with Gasteiger partial charge in [-0.05, 0) is 18.9 Å². The molecule has 0 aromatic carbocycles. The molecule has 0 aliphatic carbocycles. The molecule has 0 amide bonds. The second-order valence-electron chi connectivity index (χ2n) is 5.88. The molecule has 1 aliphatic rings. The number of aromatic nitrogens is 6. The van der Waals surface area contributed by atoms with Crippen LogP contribution in [-0.4, -0.2) is 43.0 Å². The molecule has 126 valence electrons. The van der Waals surface area contributed by atoms with Gasteiger partial charge in [0.05, 0.1) is 18.1 Å². The number of hydrogen-bond donors (Lipinski definition) is 1. The quantitative estimate of drug-likeness (QED) is 0.776. The molecule has 1 unspecified atom stereocenters. The summed E-state index contributed by atoms with van der Waals surface area (Å²) in [7, 11) is 0. The van der Waals surface area contributed by atoms with Gasteiger partial charge >= 0.3 is 0 Å². The summed E-state index contributed by atoms with van der Waals surface area (Å²) in [5.74, 6) is 2.38. The Morgan fingerprint density at radius 1 is 0.960 bits per heavy atom. The van der Waals surface area contributed by atoms with Gasteiger partial charge in [-0.1, -0.05) is 0 Å². The zero-order valence-corrected chi connectivity index (χ0v) is 13.7. The maximum atomic E-state index is 4.70. The average molecular weight is 334 g/mol. The minimum Gasteiger partial charge on any atom is -0.355 e. The van der Waals surface area contributed by atoms with Crippen LogP contribution in [0.4, 0.5) is 17.6 Å². The van der Waals surface area contributed by atoms with Crippen molar-refractivity contribution in [1.29, 1.82) is 0 Å². The molecule has 3 aromatic heterocycles. The lowest BCUT2D eigenvalue weighted by molar-refractivity contribution is 0.497. The van der Waals surface area contributed by atoms with Crippen LogP contribution in [0.5, 0.6) is 0 Å². The Labute approximate surface area is 145 Å². The van der Waals surface area contributed by atoms with Crippen molar-refractivity contribution in [2.75, 3.05) is 23.3 Å². The molecule has 8 nitrogen and oxygen atoms in total. The van der Waals surface area contributed by atoms with E-state index in [1.165, 1.54) is 0 Å². The first-order valence-corrected chi connectivity index (χ1v) is 8.25. The topological polar surface area (TPSA) is 92.6 Å². The highest BCUT2D eigenvalue weighted by Crippen LogP contribution is 2.28. The van der Waals surface area contributed by atoms with E-state index in [4.69, 9.17) is 4.98 Å². The fourth-order valence-electron chi connectivity index (χ4n) is 3.00. The summed E-state index contributed by atoms with van der Waals surface area (Å²) in [6, 6.07) is 1.77. The van der Waals surface area contributed by atoms with Gasteiger partial charge in [-0.2, -0.15) is 0 Å². The number of hydrogen-bond acceptors (Lipinski definition) is 8. The minimum atomic E-state index is 0.307. The van der Waals surface area contributed by atoms with Gasteiger partial charge < -0.3 is 10.2 Å². The van der Waals surface area contributed by atoms with Crippen molar-refractivity contribution in [2.24, 2.45) is 0 Å². The van der Waals surface area contributed by atoms with E-state index in [0.29, 0.717) is 17.7 Å². The third-order valence-electron chi connectivity index (χ3n) is 4.17. The number of nitrogens with zero attached hydrogens (tertiary/aromatic N) is 7. The maximum Gasteiger partial charge on any atom is 0.228 e. The summed E-state index contributed by atoms with van der Waals surface area (Å²) >= 11 is 0. The van der Waals surface area contributed by atoms with Crippen LogP contribution in [0.15, 0.2) is 49.4 Å². The van der Waals surface area contributed by atoms with Crippen LogP contribution < -0.4 is 10.2 Å². The van der Waals surface area contributed by atoms with Gasteiger partial charge in [0.15, 0.2) is 5.82 Å². The van der Waals surface area contributed by atoms with E-state index in [9.17, 15) is 0 Å². The van der Waals surface area contributed by atoms with E-state index in [2.05, 4.69) is 35.1 Å². The molecule has 0 bridgehead atoms. The van der Waals surface area contributed by atoms with Gasteiger partial charge in [-0.15, -0.1) is 0 Å². The van der Waals surface area contributed by atoms with Gasteiger partial charge in [-0.3, -0.25) is 9.97 Å². The Bertz CT molecular complexity index is 811. The Kier molecular flexibility index (Phi) is 4.40. The summed E-state index contributed by atoms with van der Waals surface area (Å²) in [5, 5.41) is 3.09. The van der Waals surface area contributed by atoms with E-state index in [-0.39, 0.29) is 0 Å². The molecule has 1 aliphatic heterocycles. The molecule has 0 radical (unpaired) electrons. The second kappa shape index (κ2) is 7.16.